The van der Waals surface area contributed by atoms with E-state index in [1.54, 1.807) is 0 Å². The van der Waals surface area contributed by atoms with Crippen LogP contribution in [0.5, 0.6) is 0 Å². The standard InChI is InChI=1S/C10H21N3O2/c1-13(2)6-5-12-10(14)9-4-3-8(7-11)15-9/h8-9H,3-7,11H2,1-2H3,(H,12,14). The first kappa shape index (κ1) is 12.4. The molecular formula is C10H21N3O2. The molecule has 0 radical (unpaired) electrons. The van der Waals surface area contributed by atoms with Crippen molar-refractivity contribution >= 4 is 5.91 Å². The number of likely N-dealkylation sites (N-methyl/N-ethyl adjacent to an activating group) is 1. The van der Waals surface area contributed by atoms with Crippen molar-refractivity contribution in [1.29, 1.82) is 0 Å². The molecule has 0 aromatic heterocycles. The highest BCUT2D eigenvalue weighted by Crippen LogP contribution is 2.18. The zero-order chi connectivity index (χ0) is 11.3. The Morgan fingerprint density at radius 3 is 2.80 bits per heavy atom. The number of nitrogens with one attached hydrogen (secondary N) is 1. The molecule has 1 aliphatic heterocycles. The number of amides is 1. The highest BCUT2D eigenvalue weighted by atomic mass is 16.5. The lowest BCUT2D eigenvalue weighted by Crippen LogP contribution is -2.38. The third kappa shape index (κ3) is 4.15. The minimum absolute atomic E-state index is 0.00667. The summed E-state index contributed by atoms with van der Waals surface area (Å²) in [5.41, 5.74) is 5.47. The zero-order valence-electron chi connectivity index (χ0n) is 9.53. The van der Waals surface area contributed by atoms with E-state index in [-0.39, 0.29) is 18.1 Å². The van der Waals surface area contributed by atoms with Crippen molar-refractivity contribution in [2.45, 2.75) is 25.0 Å². The summed E-state index contributed by atoms with van der Waals surface area (Å²) in [5, 5.41) is 2.85. The van der Waals surface area contributed by atoms with Gasteiger partial charge in [0.2, 0.25) is 5.91 Å². The van der Waals surface area contributed by atoms with Crippen molar-refractivity contribution in [3.05, 3.63) is 0 Å². The summed E-state index contributed by atoms with van der Waals surface area (Å²) in [4.78, 5) is 13.6. The van der Waals surface area contributed by atoms with Gasteiger partial charge in [-0.15, -0.1) is 0 Å². The maximum Gasteiger partial charge on any atom is 0.249 e. The molecule has 88 valence electrons. The molecule has 0 spiro atoms. The fourth-order valence-electron chi connectivity index (χ4n) is 1.59. The van der Waals surface area contributed by atoms with Crippen molar-refractivity contribution in [2.75, 3.05) is 33.7 Å². The van der Waals surface area contributed by atoms with Crippen LogP contribution in [0.4, 0.5) is 0 Å². The lowest BCUT2D eigenvalue weighted by atomic mass is 10.2. The van der Waals surface area contributed by atoms with E-state index >= 15 is 0 Å². The Bertz CT molecular complexity index is 209. The lowest BCUT2D eigenvalue weighted by Gasteiger charge is -2.14. The number of rotatable bonds is 5. The predicted molar refractivity (Wildman–Crippen MR) is 58.5 cm³/mol. The quantitative estimate of drug-likeness (QED) is 0.628. The fraction of sp³-hybridized carbons (Fsp3) is 0.900. The van der Waals surface area contributed by atoms with Gasteiger partial charge in [0.25, 0.3) is 0 Å². The Balaban J connectivity index is 2.18. The van der Waals surface area contributed by atoms with E-state index in [4.69, 9.17) is 10.5 Å². The molecule has 2 atom stereocenters. The summed E-state index contributed by atoms with van der Waals surface area (Å²) in [7, 11) is 3.95. The van der Waals surface area contributed by atoms with E-state index in [1.807, 2.05) is 19.0 Å². The topological polar surface area (TPSA) is 67.6 Å². The molecule has 1 saturated heterocycles. The van der Waals surface area contributed by atoms with Crippen molar-refractivity contribution < 1.29 is 9.53 Å². The number of ether oxygens (including phenoxy) is 1. The Labute approximate surface area is 90.9 Å². The molecule has 1 aliphatic rings. The first-order valence-electron chi connectivity index (χ1n) is 5.41. The second-order valence-electron chi connectivity index (χ2n) is 4.15. The third-order valence-electron chi connectivity index (χ3n) is 2.52. The summed E-state index contributed by atoms with van der Waals surface area (Å²) >= 11 is 0. The van der Waals surface area contributed by atoms with Gasteiger partial charge in [-0.25, -0.2) is 0 Å². The molecule has 1 rings (SSSR count). The van der Waals surface area contributed by atoms with Gasteiger partial charge >= 0.3 is 0 Å². The van der Waals surface area contributed by atoms with Gasteiger partial charge in [0.1, 0.15) is 6.10 Å². The van der Waals surface area contributed by atoms with Crippen LogP contribution >= 0.6 is 0 Å². The summed E-state index contributed by atoms with van der Waals surface area (Å²) < 4.78 is 5.48. The second-order valence-corrected chi connectivity index (χ2v) is 4.15. The maximum atomic E-state index is 11.6. The van der Waals surface area contributed by atoms with Crippen LogP contribution in [0, 0.1) is 0 Å². The lowest BCUT2D eigenvalue weighted by molar-refractivity contribution is -0.131. The van der Waals surface area contributed by atoms with Gasteiger partial charge in [-0.3, -0.25) is 4.79 Å². The van der Waals surface area contributed by atoms with E-state index in [2.05, 4.69) is 5.32 Å². The van der Waals surface area contributed by atoms with Crippen molar-refractivity contribution in [3.8, 4) is 0 Å². The van der Waals surface area contributed by atoms with E-state index in [0.29, 0.717) is 13.1 Å². The first-order chi connectivity index (χ1) is 7.13. The van der Waals surface area contributed by atoms with Crippen LogP contribution in [0.25, 0.3) is 0 Å². The third-order valence-corrected chi connectivity index (χ3v) is 2.52. The van der Waals surface area contributed by atoms with E-state index in [9.17, 15) is 4.79 Å². The molecule has 0 aromatic carbocycles. The minimum atomic E-state index is -0.291. The molecule has 5 heteroatoms. The zero-order valence-corrected chi connectivity index (χ0v) is 9.53. The number of nitrogens with zero attached hydrogens (tertiary/aromatic N) is 1. The number of carbonyl (C=O) groups is 1. The molecular weight excluding hydrogens is 194 g/mol. The molecule has 2 unspecified atom stereocenters. The van der Waals surface area contributed by atoms with E-state index < -0.39 is 0 Å². The van der Waals surface area contributed by atoms with Crippen molar-refractivity contribution in [1.82, 2.24) is 10.2 Å². The van der Waals surface area contributed by atoms with Gasteiger partial charge in [0.05, 0.1) is 6.10 Å². The van der Waals surface area contributed by atoms with Crippen LogP contribution in [-0.2, 0) is 9.53 Å². The first-order valence-corrected chi connectivity index (χ1v) is 5.41. The van der Waals surface area contributed by atoms with Crippen LogP contribution in [0.2, 0.25) is 0 Å². The molecule has 0 bridgehead atoms. The molecule has 0 aliphatic carbocycles. The second kappa shape index (κ2) is 6.05. The van der Waals surface area contributed by atoms with Crippen LogP contribution < -0.4 is 11.1 Å². The van der Waals surface area contributed by atoms with Crippen molar-refractivity contribution in [3.63, 3.8) is 0 Å². The molecule has 1 heterocycles. The molecule has 1 amide bonds. The SMILES string of the molecule is CN(C)CCNC(=O)C1CCC(CN)O1. The van der Waals surface area contributed by atoms with E-state index in [0.717, 1.165) is 19.4 Å². The van der Waals surface area contributed by atoms with E-state index in [1.165, 1.54) is 0 Å². The van der Waals surface area contributed by atoms with Gasteiger partial charge in [-0.1, -0.05) is 0 Å². The number of hydrogen-bond donors (Lipinski definition) is 2. The number of carbonyl (C=O) groups excluding carboxylic acids is 1. The highest BCUT2D eigenvalue weighted by Gasteiger charge is 2.29. The highest BCUT2D eigenvalue weighted by molar-refractivity contribution is 5.80. The Hall–Kier alpha value is -0.650. The monoisotopic (exact) mass is 215 g/mol. The van der Waals surface area contributed by atoms with Gasteiger partial charge in [-0.2, -0.15) is 0 Å². The summed E-state index contributed by atoms with van der Waals surface area (Å²) in [6.07, 6.45) is 1.45. The Morgan fingerprint density at radius 1 is 1.53 bits per heavy atom. The van der Waals surface area contributed by atoms with Gasteiger partial charge in [0.15, 0.2) is 0 Å². The molecule has 5 nitrogen and oxygen atoms in total. The number of hydrogen-bond acceptors (Lipinski definition) is 4. The van der Waals surface area contributed by atoms with Crippen LogP contribution in [-0.4, -0.2) is 56.7 Å². The summed E-state index contributed by atoms with van der Waals surface area (Å²) in [5.74, 6) is -0.00667. The molecule has 0 saturated carbocycles. The van der Waals surface area contributed by atoms with Crippen LogP contribution in [0.3, 0.4) is 0 Å². The summed E-state index contributed by atoms with van der Waals surface area (Å²) in [6, 6.07) is 0. The maximum absolute atomic E-state index is 11.6. The fourth-order valence-corrected chi connectivity index (χ4v) is 1.59. The largest absolute Gasteiger partial charge is 0.364 e. The van der Waals surface area contributed by atoms with Crippen LogP contribution in [0.1, 0.15) is 12.8 Å². The van der Waals surface area contributed by atoms with Crippen LogP contribution in [0.15, 0.2) is 0 Å². The smallest absolute Gasteiger partial charge is 0.249 e. The average molecular weight is 215 g/mol. The minimum Gasteiger partial charge on any atom is -0.364 e. The predicted octanol–water partition coefficient (Wildman–Crippen LogP) is -0.829. The Morgan fingerprint density at radius 2 is 2.27 bits per heavy atom. The summed E-state index contributed by atoms with van der Waals surface area (Å²) in [6.45, 7) is 2.01. The van der Waals surface area contributed by atoms with Gasteiger partial charge in [-0.05, 0) is 26.9 Å². The van der Waals surface area contributed by atoms with Crippen molar-refractivity contribution in [2.24, 2.45) is 5.73 Å². The average Bonchev–Trinajstić information content (AvgIpc) is 2.65. The molecule has 1 fully saturated rings. The molecule has 0 aromatic rings. The Kier molecular flexibility index (Phi) is 5.01. The molecule has 3 N–H and O–H groups in total. The molecule has 15 heavy (non-hydrogen) atoms. The van der Waals surface area contributed by atoms with Gasteiger partial charge in [0, 0.05) is 19.6 Å². The van der Waals surface area contributed by atoms with Gasteiger partial charge < -0.3 is 20.7 Å². The normalized spacial score (nSPS) is 25.9. The number of nitrogens with two attached hydrogens (primary N) is 1.